The first-order valence-electron chi connectivity index (χ1n) is 7.96. The summed E-state index contributed by atoms with van der Waals surface area (Å²) < 4.78 is 6.37. The van der Waals surface area contributed by atoms with Gasteiger partial charge >= 0.3 is 6.01 Å². The van der Waals surface area contributed by atoms with Crippen LogP contribution >= 0.6 is 11.6 Å². The van der Waals surface area contributed by atoms with Gasteiger partial charge in [0.05, 0.1) is 7.11 Å². The SMILES string of the molecule is COc1nc(-c2ccc(Cl)cc2)n(C(=O)c2ccc3ccccc3c2)n1. The van der Waals surface area contributed by atoms with Crippen LogP contribution in [0.2, 0.25) is 5.02 Å². The molecule has 3 aromatic carbocycles. The number of aromatic nitrogens is 3. The van der Waals surface area contributed by atoms with Crippen molar-refractivity contribution in [1.29, 1.82) is 0 Å². The van der Waals surface area contributed by atoms with Crippen molar-refractivity contribution in [3.63, 3.8) is 0 Å². The maximum absolute atomic E-state index is 13.1. The topological polar surface area (TPSA) is 57.0 Å². The summed E-state index contributed by atoms with van der Waals surface area (Å²) in [5, 5.41) is 6.84. The van der Waals surface area contributed by atoms with Gasteiger partial charge in [-0.25, -0.2) is 0 Å². The highest BCUT2D eigenvalue weighted by atomic mass is 35.5. The number of halogens is 1. The zero-order valence-corrected chi connectivity index (χ0v) is 14.6. The van der Waals surface area contributed by atoms with Crippen LogP contribution in [0.5, 0.6) is 6.01 Å². The number of ether oxygens (including phenoxy) is 1. The molecule has 1 aromatic heterocycles. The standard InChI is InChI=1S/C20H14ClN3O2/c1-26-20-22-18(14-8-10-17(21)11-9-14)24(23-20)19(25)16-7-6-13-4-2-3-5-15(13)12-16/h2-12H,1H3. The van der Waals surface area contributed by atoms with Crippen LogP contribution in [0, 0.1) is 0 Å². The van der Waals surface area contributed by atoms with Gasteiger partial charge in [0.15, 0.2) is 5.82 Å². The molecule has 0 radical (unpaired) electrons. The van der Waals surface area contributed by atoms with Crippen molar-refractivity contribution in [3.05, 3.63) is 77.3 Å². The summed E-state index contributed by atoms with van der Waals surface area (Å²) >= 11 is 5.95. The Morgan fingerprint density at radius 2 is 1.73 bits per heavy atom. The van der Waals surface area contributed by atoms with E-state index in [9.17, 15) is 4.79 Å². The Morgan fingerprint density at radius 3 is 2.46 bits per heavy atom. The van der Waals surface area contributed by atoms with E-state index in [-0.39, 0.29) is 11.9 Å². The first-order chi connectivity index (χ1) is 12.7. The molecule has 0 saturated heterocycles. The van der Waals surface area contributed by atoms with E-state index in [1.54, 1.807) is 30.3 Å². The molecule has 0 spiro atoms. The number of carbonyl (C=O) groups excluding carboxylic acids is 1. The molecule has 0 amide bonds. The number of nitrogens with zero attached hydrogens (tertiary/aromatic N) is 3. The Hall–Kier alpha value is -3.18. The lowest BCUT2D eigenvalue weighted by Gasteiger charge is -2.06. The summed E-state index contributed by atoms with van der Waals surface area (Å²) in [5.41, 5.74) is 1.24. The minimum Gasteiger partial charge on any atom is -0.466 e. The number of fused-ring (bicyclic) bond motifs is 1. The van der Waals surface area contributed by atoms with E-state index in [0.29, 0.717) is 16.4 Å². The van der Waals surface area contributed by atoms with Crippen LogP contribution < -0.4 is 4.74 Å². The molecule has 4 rings (SSSR count). The number of benzene rings is 3. The molecule has 1 heterocycles. The van der Waals surface area contributed by atoms with Crippen LogP contribution in [-0.4, -0.2) is 27.8 Å². The molecule has 4 aromatic rings. The molecule has 6 heteroatoms. The molecule has 0 fully saturated rings. The van der Waals surface area contributed by atoms with Gasteiger partial charge in [-0.1, -0.05) is 41.9 Å². The van der Waals surface area contributed by atoms with E-state index in [2.05, 4.69) is 10.1 Å². The van der Waals surface area contributed by atoms with Crippen molar-refractivity contribution >= 4 is 28.3 Å². The third-order valence-corrected chi connectivity index (χ3v) is 4.31. The van der Waals surface area contributed by atoms with Crippen LogP contribution in [0.25, 0.3) is 22.2 Å². The van der Waals surface area contributed by atoms with Crippen molar-refractivity contribution in [1.82, 2.24) is 14.8 Å². The Morgan fingerprint density at radius 1 is 1.00 bits per heavy atom. The summed E-state index contributed by atoms with van der Waals surface area (Å²) in [5.74, 6) is 0.119. The number of carbonyl (C=O) groups is 1. The van der Waals surface area contributed by atoms with Crippen molar-refractivity contribution in [2.24, 2.45) is 0 Å². The highest BCUT2D eigenvalue weighted by Crippen LogP contribution is 2.24. The van der Waals surface area contributed by atoms with Crippen molar-refractivity contribution in [3.8, 4) is 17.4 Å². The molecule has 26 heavy (non-hydrogen) atoms. The van der Waals surface area contributed by atoms with E-state index in [0.717, 1.165) is 16.3 Å². The lowest BCUT2D eigenvalue weighted by molar-refractivity contribution is 0.0945. The van der Waals surface area contributed by atoms with Gasteiger partial charge in [-0.15, -0.1) is 5.10 Å². The third-order valence-electron chi connectivity index (χ3n) is 4.06. The molecule has 0 saturated carbocycles. The van der Waals surface area contributed by atoms with Crippen LogP contribution in [0.4, 0.5) is 0 Å². The van der Waals surface area contributed by atoms with Gasteiger partial charge in [-0.3, -0.25) is 4.79 Å². The van der Waals surface area contributed by atoms with Crippen LogP contribution in [-0.2, 0) is 0 Å². The molecule has 0 bridgehead atoms. The van der Waals surface area contributed by atoms with Gasteiger partial charge in [-0.2, -0.15) is 9.67 Å². The quantitative estimate of drug-likeness (QED) is 0.539. The Labute approximate surface area is 154 Å². The molecule has 0 unspecified atom stereocenters. The number of hydrogen-bond donors (Lipinski definition) is 0. The van der Waals surface area contributed by atoms with Crippen molar-refractivity contribution < 1.29 is 9.53 Å². The lowest BCUT2D eigenvalue weighted by atomic mass is 10.1. The number of methoxy groups -OCH3 is 1. The number of hydrogen-bond acceptors (Lipinski definition) is 4. The monoisotopic (exact) mass is 363 g/mol. The van der Waals surface area contributed by atoms with E-state index in [1.807, 2.05) is 36.4 Å². The van der Waals surface area contributed by atoms with Gasteiger partial charge in [0.25, 0.3) is 5.91 Å². The summed E-state index contributed by atoms with van der Waals surface area (Å²) in [6.45, 7) is 0. The van der Waals surface area contributed by atoms with E-state index >= 15 is 0 Å². The van der Waals surface area contributed by atoms with Gasteiger partial charge in [0.2, 0.25) is 0 Å². The highest BCUT2D eigenvalue weighted by Gasteiger charge is 2.20. The zero-order chi connectivity index (χ0) is 18.1. The van der Waals surface area contributed by atoms with Crippen molar-refractivity contribution in [2.45, 2.75) is 0 Å². The molecule has 0 aliphatic heterocycles. The summed E-state index contributed by atoms with van der Waals surface area (Å²) in [7, 11) is 1.46. The van der Waals surface area contributed by atoms with E-state index < -0.39 is 0 Å². The minimum atomic E-state index is -0.281. The minimum absolute atomic E-state index is 0.129. The van der Waals surface area contributed by atoms with Crippen LogP contribution in [0.3, 0.4) is 0 Å². The first kappa shape index (κ1) is 16.3. The summed E-state index contributed by atoms with van der Waals surface area (Å²) in [6, 6.07) is 20.6. The second-order valence-electron chi connectivity index (χ2n) is 5.71. The fourth-order valence-corrected chi connectivity index (χ4v) is 2.88. The predicted octanol–water partition coefficient (Wildman–Crippen LogP) is 4.45. The third kappa shape index (κ3) is 2.93. The average Bonchev–Trinajstić information content (AvgIpc) is 3.12. The maximum atomic E-state index is 13.1. The number of rotatable bonds is 3. The molecule has 5 nitrogen and oxygen atoms in total. The second kappa shape index (κ2) is 6.61. The molecule has 128 valence electrons. The maximum Gasteiger partial charge on any atom is 0.336 e. The molecular weight excluding hydrogens is 350 g/mol. The highest BCUT2D eigenvalue weighted by molar-refractivity contribution is 6.30. The second-order valence-corrected chi connectivity index (χ2v) is 6.14. The average molecular weight is 364 g/mol. The molecule has 0 aliphatic carbocycles. The Kier molecular flexibility index (Phi) is 4.14. The van der Waals surface area contributed by atoms with Gasteiger partial charge in [-0.05, 0) is 47.2 Å². The van der Waals surface area contributed by atoms with Gasteiger partial charge < -0.3 is 4.74 Å². The lowest BCUT2D eigenvalue weighted by Crippen LogP contribution is -2.15. The molecule has 0 aliphatic rings. The van der Waals surface area contributed by atoms with Gasteiger partial charge in [0, 0.05) is 16.1 Å². The first-order valence-corrected chi connectivity index (χ1v) is 8.34. The van der Waals surface area contributed by atoms with Gasteiger partial charge in [0.1, 0.15) is 0 Å². The molecular formula is C20H14ClN3O2. The fraction of sp³-hybridized carbons (Fsp3) is 0.0500. The summed E-state index contributed by atoms with van der Waals surface area (Å²) in [4.78, 5) is 17.4. The van der Waals surface area contributed by atoms with Crippen LogP contribution in [0.1, 0.15) is 10.4 Å². The Bertz CT molecular complexity index is 1100. The molecule has 0 N–H and O–H groups in total. The fourth-order valence-electron chi connectivity index (χ4n) is 2.75. The Balaban J connectivity index is 1.81. The van der Waals surface area contributed by atoms with Crippen LogP contribution in [0.15, 0.2) is 66.7 Å². The normalized spacial score (nSPS) is 10.8. The zero-order valence-electron chi connectivity index (χ0n) is 13.9. The van der Waals surface area contributed by atoms with Crippen molar-refractivity contribution in [2.75, 3.05) is 7.11 Å². The largest absolute Gasteiger partial charge is 0.466 e. The smallest absolute Gasteiger partial charge is 0.336 e. The summed E-state index contributed by atoms with van der Waals surface area (Å²) in [6.07, 6.45) is 0. The van der Waals surface area contributed by atoms with E-state index in [4.69, 9.17) is 16.3 Å². The van der Waals surface area contributed by atoms with E-state index in [1.165, 1.54) is 11.8 Å². The predicted molar refractivity (Wildman–Crippen MR) is 101 cm³/mol. The molecule has 0 atom stereocenters.